The zero-order valence-electron chi connectivity index (χ0n) is 8.69. The predicted octanol–water partition coefficient (Wildman–Crippen LogP) is 1.46. The third kappa shape index (κ3) is 2.32. The lowest BCUT2D eigenvalue weighted by molar-refractivity contribution is 0.0720. The van der Waals surface area contributed by atoms with Gasteiger partial charge in [0.1, 0.15) is 5.69 Å². The first kappa shape index (κ1) is 10.9. The highest BCUT2D eigenvalue weighted by Gasteiger charge is 2.23. The van der Waals surface area contributed by atoms with Crippen molar-refractivity contribution < 1.29 is 4.79 Å². The molecule has 2 rings (SSSR count). The number of rotatable bonds is 1. The normalized spacial score (nSPS) is 18.1. The topological polar surface area (TPSA) is 38.1 Å². The fourth-order valence-electron chi connectivity index (χ4n) is 1.78. The van der Waals surface area contributed by atoms with Crippen molar-refractivity contribution in [3.63, 3.8) is 0 Å². The minimum Gasteiger partial charge on any atom is -0.337 e. The molecule has 1 fully saturated rings. The van der Waals surface area contributed by atoms with Gasteiger partial charge in [-0.2, -0.15) is 0 Å². The van der Waals surface area contributed by atoms with Crippen LogP contribution in [0.15, 0.2) is 12.5 Å². The summed E-state index contributed by atoms with van der Waals surface area (Å²) in [5.74, 6) is 0.110. The minimum atomic E-state index is 0.110. The zero-order valence-corrected chi connectivity index (χ0v) is 10.8. The Balaban J connectivity index is 2.06. The van der Waals surface area contributed by atoms with Gasteiger partial charge in [0.05, 0.1) is 12.5 Å². The molecule has 0 radical (unpaired) electrons. The summed E-state index contributed by atoms with van der Waals surface area (Å²) < 4.78 is 2.50. The van der Waals surface area contributed by atoms with Crippen molar-refractivity contribution in [2.24, 2.45) is 7.05 Å². The molecule has 82 valence electrons. The molecule has 0 bridgehead atoms. The van der Waals surface area contributed by atoms with E-state index in [0.29, 0.717) is 5.69 Å². The van der Waals surface area contributed by atoms with Crippen molar-refractivity contribution in [3.05, 3.63) is 18.2 Å². The third-order valence-corrected chi connectivity index (χ3v) is 3.99. The summed E-state index contributed by atoms with van der Waals surface area (Å²) in [6, 6.07) is 0. The van der Waals surface area contributed by atoms with Crippen LogP contribution in [-0.2, 0) is 7.05 Å². The van der Waals surface area contributed by atoms with E-state index in [1.165, 1.54) is 0 Å². The number of imidazole rings is 1. The molecular formula is C10H14IN3O. The Morgan fingerprint density at radius 1 is 1.53 bits per heavy atom. The van der Waals surface area contributed by atoms with Gasteiger partial charge in [-0.25, -0.2) is 4.98 Å². The van der Waals surface area contributed by atoms with E-state index in [1.807, 2.05) is 11.9 Å². The first-order valence-electron chi connectivity index (χ1n) is 5.08. The van der Waals surface area contributed by atoms with Crippen LogP contribution in [0.25, 0.3) is 0 Å². The van der Waals surface area contributed by atoms with Gasteiger partial charge in [-0.3, -0.25) is 4.79 Å². The maximum absolute atomic E-state index is 12.1. The van der Waals surface area contributed by atoms with E-state index >= 15 is 0 Å². The summed E-state index contributed by atoms with van der Waals surface area (Å²) in [7, 11) is 1.85. The highest BCUT2D eigenvalue weighted by Crippen LogP contribution is 2.19. The summed E-state index contributed by atoms with van der Waals surface area (Å²) in [4.78, 5) is 17.9. The number of carbonyl (C=O) groups is 1. The Kier molecular flexibility index (Phi) is 3.28. The smallest absolute Gasteiger partial charge is 0.272 e. The molecule has 0 atom stereocenters. The monoisotopic (exact) mass is 319 g/mol. The van der Waals surface area contributed by atoms with Gasteiger partial charge in [-0.1, -0.05) is 22.6 Å². The highest BCUT2D eigenvalue weighted by atomic mass is 127. The summed E-state index contributed by atoms with van der Waals surface area (Å²) in [6.45, 7) is 1.75. The van der Waals surface area contributed by atoms with Crippen LogP contribution in [-0.4, -0.2) is 37.4 Å². The highest BCUT2D eigenvalue weighted by molar-refractivity contribution is 14.1. The van der Waals surface area contributed by atoms with Crippen molar-refractivity contribution in [2.75, 3.05) is 13.1 Å². The molecule has 1 amide bonds. The first-order valence-corrected chi connectivity index (χ1v) is 6.32. The maximum Gasteiger partial charge on any atom is 0.272 e. The molecule has 0 spiro atoms. The van der Waals surface area contributed by atoms with E-state index in [-0.39, 0.29) is 5.91 Å². The molecule has 1 aromatic rings. The minimum absolute atomic E-state index is 0.110. The second-order valence-electron chi connectivity index (χ2n) is 3.86. The summed E-state index contributed by atoms with van der Waals surface area (Å²) in [6.07, 6.45) is 5.51. The number of piperidine rings is 1. The van der Waals surface area contributed by atoms with E-state index in [4.69, 9.17) is 0 Å². The van der Waals surface area contributed by atoms with Gasteiger partial charge in [0.2, 0.25) is 0 Å². The van der Waals surface area contributed by atoms with Gasteiger partial charge in [0.15, 0.2) is 0 Å². The number of hydrogen-bond donors (Lipinski definition) is 0. The number of aryl methyl sites for hydroxylation is 1. The number of carbonyl (C=O) groups excluding carboxylic acids is 1. The molecule has 0 aliphatic carbocycles. The fourth-order valence-corrected chi connectivity index (χ4v) is 2.33. The van der Waals surface area contributed by atoms with E-state index in [1.54, 1.807) is 17.1 Å². The number of likely N-dealkylation sites (tertiary alicyclic amines) is 1. The summed E-state index contributed by atoms with van der Waals surface area (Å²) in [5.41, 5.74) is 0.682. The van der Waals surface area contributed by atoms with Crippen LogP contribution < -0.4 is 0 Å². The van der Waals surface area contributed by atoms with Gasteiger partial charge in [-0.15, -0.1) is 0 Å². The Morgan fingerprint density at radius 3 is 2.73 bits per heavy atom. The number of hydrogen-bond acceptors (Lipinski definition) is 2. The molecular weight excluding hydrogens is 305 g/mol. The number of halogens is 1. The first-order chi connectivity index (χ1) is 7.18. The number of aromatic nitrogens is 2. The Bertz CT molecular complexity index is 355. The maximum atomic E-state index is 12.1. The van der Waals surface area contributed by atoms with E-state index < -0.39 is 0 Å². The van der Waals surface area contributed by atoms with Crippen molar-refractivity contribution in [1.29, 1.82) is 0 Å². The van der Waals surface area contributed by atoms with Gasteiger partial charge in [0, 0.05) is 24.1 Å². The van der Waals surface area contributed by atoms with Crippen LogP contribution in [0.3, 0.4) is 0 Å². The van der Waals surface area contributed by atoms with E-state index in [0.717, 1.165) is 29.9 Å². The molecule has 1 aliphatic heterocycles. The van der Waals surface area contributed by atoms with Crippen molar-refractivity contribution in [3.8, 4) is 0 Å². The Labute approximate surface area is 103 Å². The second kappa shape index (κ2) is 4.51. The standard InChI is InChI=1S/C10H14IN3O/c1-13-7-12-6-9(13)10(15)14-4-2-8(11)3-5-14/h6-8H,2-5H2,1H3. The van der Waals surface area contributed by atoms with Crippen LogP contribution in [0.4, 0.5) is 0 Å². The molecule has 5 heteroatoms. The van der Waals surface area contributed by atoms with Gasteiger partial charge in [0.25, 0.3) is 5.91 Å². The van der Waals surface area contributed by atoms with E-state index in [2.05, 4.69) is 27.6 Å². The molecule has 0 unspecified atom stereocenters. The molecule has 0 saturated carbocycles. The van der Waals surface area contributed by atoms with Crippen molar-refractivity contribution >= 4 is 28.5 Å². The average molecular weight is 319 g/mol. The van der Waals surface area contributed by atoms with Crippen LogP contribution >= 0.6 is 22.6 Å². The zero-order chi connectivity index (χ0) is 10.8. The molecule has 0 N–H and O–H groups in total. The van der Waals surface area contributed by atoms with Crippen LogP contribution in [0.1, 0.15) is 23.3 Å². The van der Waals surface area contributed by atoms with Crippen LogP contribution in [0.5, 0.6) is 0 Å². The molecule has 4 nitrogen and oxygen atoms in total. The fraction of sp³-hybridized carbons (Fsp3) is 0.600. The quantitative estimate of drug-likeness (QED) is 0.581. The van der Waals surface area contributed by atoms with Crippen LogP contribution in [0.2, 0.25) is 0 Å². The largest absolute Gasteiger partial charge is 0.337 e. The van der Waals surface area contributed by atoms with E-state index in [9.17, 15) is 4.79 Å². The Morgan fingerprint density at radius 2 is 2.20 bits per heavy atom. The lowest BCUT2D eigenvalue weighted by Crippen LogP contribution is -2.39. The van der Waals surface area contributed by atoms with Crippen molar-refractivity contribution in [1.82, 2.24) is 14.5 Å². The summed E-state index contributed by atoms with van der Waals surface area (Å²) >= 11 is 2.45. The SMILES string of the molecule is Cn1cncc1C(=O)N1CCC(I)CC1. The molecule has 0 aromatic carbocycles. The van der Waals surface area contributed by atoms with Crippen molar-refractivity contribution in [2.45, 2.75) is 16.8 Å². The third-order valence-electron chi connectivity index (χ3n) is 2.75. The number of amides is 1. The number of nitrogens with zero attached hydrogens (tertiary/aromatic N) is 3. The average Bonchev–Trinajstić information content (AvgIpc) is 2.65. The lowest BCUT2D eigenvalue weighted by atomic mass is 10.1. The second-order valence-corrected chi connectivity index (χ2v) is 5.62. The molecule has 15 heavy (non-hydrogen) atoms. The summed E-state index contributed by atoms with van der Waals surface area (Å²) in [5, 5.41) is 0. The predicted molar refractivity (Wildman–Crippen MR) is 66.2 cm³/mol. The van der Waals surface area contributed by atoms with Gasteiger partial charge in [-0.05, 0) is 12.8 Å². The molecule has 1 saturated heterocycles. The lowest BCUT2D eigenvalue weighted by Gasteiger charge is -2.29. The molecule has 1 aromatic heterocycles. The van der Waals surface area contributed by atoms with Gasteiger partial charge >= 0.3 is 0 Å². The van der Waals surface area contributed by atoms with Crippen LogP contribution in [0, 0.1) is 0 Å². The Hall–Kier alpha value is -0.590. The molecule has 2 heterocycles. The van der Waals surface area contributed by atoms with Gasteiger partial charge < -0.3 is 9.47 Å². The molecule has 1 aliphatic rings. The number of alkyl halides is 1.